The summed E-state index contributed by atoms with van der Waals surface area (Å²) in [6, 6.07) is -0.250. The third kappa shape index (κ3) is 3.08. The molecule has 0 saturated carbocycles. The summed E-state index contributed by atoms with van der Waals surface area (Å²) in [5.74, 6) is -0.465. The molecule has 0 aromatic carbocycles. The van der Waals surface area contributed by atoms with Crippen molar-refractivity contribution >= 4 is 11.8 Å². The molecule has 5 nitrogen and oxygen atoms in total. The van der Waals surface area contributed by atoms with E-state index in [0.717, 1.165) is 6.42 Å². The number of hydrogen-bond donors (Lipinski definition) is 3. The molecule has 2 unspecified atom stereocenters. The fourth-order valence-corrected chi connectivity index (χ4v) is 1.51. The van der Waals surface area contributed by atoms with Crippen LogP contribution in [-0.4, -0.2) is 35.6 Å². The number of hydrogen-bond acceptors (Lipinski definition) is 4. The minimum absolute atomic E-state index is 0.142. The van der Waals surface area contributed by atoms with Crippen LogP contribution in [0.25, 0.3) is 0 Å². The predicted molar refractivity (Wildman–Crippen MR) is 50.5 cm³/mol. The molecule has 0 aliphatic carbocycles. The molecule has 1 heterocycles. The Labute approximate surface area is 82.9 Å². The summed E-state index contributed by atoms with van der Waals surface area (Å²) in [4.78, 5) is 22.0. The van der Waals surface area contributed by atoms with Crippen molar-refractivity contribution in [2.75, 3.05) is 6.61 Å². The van der Waals surface area contributed by atoms with Crippen LogP contribution < -0.4 is 10.6 Å². The van der Waals surface area contributed by atoms with E-state index in [9.17, 15) is 9.59 Å². The Morgan fingerprint density at radius 3 is 2.86 bits per heavy atom. The van der Waals surface area contributed by atoms with Gasteiger partial charge in [0, 0.05) is 12.6 Å². The first-order valence-corrected chi connectivity index (χ1v) is 4.84. The Morgan fingerprint density at radius 2 is 2.36 bits per heavy atom. The van der Waals surface area contributed by atoms with Crippen LogP contribution in [0, 0.1) is 0 Å². The topological polar surface area (TPSA) is 78.4 Å². The first-order chi connectivity index (χ1) is 6.63. The van der Waals surface area contributed by atoms with E-state index >= 15 is 0 Å². The van der Waals surface area contributed by atoms with Crippen LogP contribution in [0.15, 0.2) is 0 Å². The van der Waals surface area contributed by atoms with Crippen LogP contribution in [0.4, 0.5) is 0 Å². The lowest BCUT2D eigenvalue weighted by atomic mass is 10.1. The summed E-state index contributed by atoms with van der Waals surface area (Å²) in [6.07, 6.45) is 1.73. The lowest BCUT2D eigenvalue weighted by molar-refractivity contribution is -0.125. The minimum atomic E-state index is -0.392. The van der Waals surface area contributed by atoms with E-state index in [4.69, 9.17) is 5.11 Å². The van der Waals surface area contributed by atoms with Crippen LogP contribution in [0.2, 0.25) is 0 Å². The zero-order chi connectivity index (χ0) is 10.6. The minimum Gasteiger partial charge on any atom is -0.396 e. The summed E-state index contributed by atoms with van der Waals surface area (Å²) in [5, 5.41) is 13.9. The highest BCUT2D eigenvalue weighted by Crippen LogP contribution is 2.04. The van der Waals surface area contributed by atoms with E-state index in [1.165, 1.54) is 0 Å². The van der Waals surface area contributed by atoms with Crippen molar-refractivity contribution in [1.82, 2.24) is 10.6 Å². The van der Waals surface area contributed by atoms with Gasteiger partial charge in [-0.2, -0.15) is 0 Å². The normalized spacial score (nSPS) is 23.7. The number of imide groups is 1. The monoisotopic (exact) mass is 200 g/mol. The molecular weight excluding hydrogens is 184 g/mol. The summed E-state index contributed by atoms with van der Waals surface area (Å²) in [5.41, 5.74) is 0. The average molecular weight is 200 g/mol. The van der Waals surface area contributed by atoms with E-state index in [0.29, 0.717) is 6.42 Å². The maximum absolute atomic E-state index is 11.2. The van der Waals surface area contributed by atoms with Gasteiger partial charge in [0.2, 0.25) is 11.8 Å². The molecule has 1 fully saturated rings. The fourth-order valence-electron chi connectivity index (χ4n) is 1.51. The Morgan fingerprint density at radius 1 is 1.64 bits per heavy atom. The third-order valence-electron chi connectivity index (χ3n) is 2.25. The number of carbonyl (C=O) groups is 2. The Bertz CT molecular complexity index is 230. The van der Waals surface area contributed by atoms with Gasteiger partial charge in [0.1, 0.15) is 0 Å². The largest absolute Gasteiger partial charge is 0.396 e. The van der Waals surface area contributed by atoms with E-state index in [1.54, 1.807) is 0 Å². The molecule has 3 N–H and O–H groups in total. The van der Waals surface area contributed by atoms with E-state index in [-0.39, 0.29) is 30.9 Å². The highest BCUT2D eigenvalue weighted by atomic mass is 16.3. The Kier molecular flexibility index (Phi) is 4.03. The molecule has 5 heteroatoms. The lowest BCUT2D eigenvalue weighted by Gasteiger charge is -2.16. The molecule has 14 heavy (non-hydrogen) atoms. The summed E-state index contributed by atoms with van der Waals surface area (Å²) < 4.78 is 0. The molecule has 1 aliphatic heterocycles. The first kappa shape index (κ1) is 11.1. The number of aliphatic hydroxyl groups excluding tert-OH is 1. The lowest BCUT2D eigenvalue weighted by Crippen LogP contribution is -2.41. The summed E-state index contributed by atoms with van der Waals surface area (Å²) in [6.45, 7) is 2.09. The maximum Gasteiger partial charge on any atom is 0.244 e. The van der Waals surface area contributed by atoms with Gasteiger partial charge in [-0.25, -0.2) is 0 Å². The summed E-state index contributed by atoms with van der Waals surface area (Å²) in [7, 11) is 0. The second kappa shape index (κ2) is 5.07. The number of nitrogens with one attached hydrogen (secondary N) is 2. The van der Waals surface area contributed by atoms with Gasteiger partial charge in [-0.05, 0) is 19.8 Å². The molecule has 80 valence electrons. The van der Waals surface area contributed by atoms with E-state index < -0.39 is 6.04 Å². The predicted octanol–water partition coefficient (Wildman–Crippen LogP) is -0.848. The van der Waals surface area contributed by atoms with Gasteiger partial charge in [-0.3, -0.25) is 14.9 Å². The van der Waals surface area contributed by atoms with Crippen molar-refractivity contribution in [2.24, 2.45) is 0 Å². The standard InChI is InChI=1S/C9H16N2O3/c1-6(3-2-4-12)10-7-5-8(13)11-9(7)14/h6-7,10,12H,2-5H2,1H3,(H,11,13,14). The average Bonchev–Trinajstić information content (AvgIpc) is 2.42. The second-order valence-corrected chi connectivity index (χ2v) is 3.60. The molecule has 0 aromatic rings. The summed E-state index contributed by atoms with van der Waals surface area (Å²) >= 11 is 0. The number of amides is 2. The second-order valence-electron chi connectivity index (χ2n) is 3.60. The van der Waals surface area contributed by atoms with E-state index in [2.05, 4.69) is 10.6 Å². The van der Waals surface area contributed by atoms with Gasteiger partial charge in [0.25, 0.3) is 0 Å². The number of rotatable bonds is 5. The van der Waals surface area contributed by atoms with Crippen molar-refractivity contribution < 1.29 is 14.7 Å². The van der Waals surface area contributed by atoms with Crippen LogP contribution in [0.1, 0.15) is 26.2 Å². The van der Waals surface area contributed by atoms with Gasteiger partial charge in [-0.1, -0.05) is 0 Å². The van der Waals surface area contributed by atoms with Gasteiger partial charge < -0.3 is 10.4 Å². The first-order valence-electron chi connectivity index (χ1n) is 4.84. The molecule has 0 spiro atoms. The quantitative estimate of drug-likeness (QED) is 0.505. The van der Waals surface area contributed by atoms with Crippen molar-refractivity contribution in [2.45, 2.75) is 38.3 Å². The molecule has 2 amide bonds. The third-order valence-corrected chi connectivity index (χ3v) is 2.25. The molecule has 1 aliphatic rings. The van der Waals surface area contributed by atoms with Crippen molar-refractivity contribution in [3.05, 3.63) is 0 Å². The van der Waals surface area contributed by atoms with Crippen LogP contribution in [-0.2, 0) is 9.59 Å². The smallest absolute Gasteiger partial charge is 0.244 e. The van der Waals surface area contributed by atoms with Crippen molar-refractivity contribution in [1.29, 1.82) is 0 Å². The van der Waals surface area contributed by atoms with Crippen LogP contribution in [0.5, 0.6) is 0 Å². The van der Waals surface area contributed by atoms with Gasteiger partial charge in [0.15, 0.2) is 0 Å². The molecule has 2 atom stereocenters. The van der Waals surface area contributed by atoms with Crippen LogP contribution >= 0.6 is 0 Å². The fraction of sp³-hybridized carbons (Fsp3) is 0.778. The zero-order valence-electron chi connectivity index (χ0n) is 8.25. The molecule has 1 rings (SSSR count). The number of aliphatic hydroxyl groups is 1. The highest BCUT2D eigenvalue weighted by Gasteiger charge is 2.30. The van der Waals surface area contributed by atoms with Gasteiger partial charge in [-0.15, -0.1) is 0 Å². The van der Waals surface area contributed by atoms with Crippen molar-refractivity contribution in [3.8, 4) is 0 Å². The zero-order valence-corrected chi connectivity index (χ0v) is 8.25. The highest BCUT2D eigenvalue weighted by molar-refractivity contribution is 6.05. The van der Waals surface area contributed by atoms with Gasteiger partial charge in [0.05, 0.1) is 12.5 Å². The van der Waals surface area contributed by atoms with Crippen molar-refractivity contribution in [3.63, 3.8) is 0 Å². The molecule has 1 saturated heterocycles. The van der Waals surface area contributed by atoms with Crippen LogP contribution in [0.3, 0.4) is 0 Å². The van der Waals surface area contributed by atoms with Gasteiger partial charge >= 0.3 is 0 Å². The number of carbonyl (C=O) groups excluding carboxylic acids is 2. The molecule has 0 bridgehead atoms. The Hall–Kier alpha value is -0.940. The SMILES string of the molecule is CC(CCCO)NC1CC(=O)NC1=O. The van der Waals surface area contributed by atoms with E-state index in [1.807, 2.05) is 6.92 Å². The Balaban J connectivity index is 2.29. The molecule has 0 radical (unpaired) electrons. The molecule has 0 aromatic heterocycles. The molecular formula is C9H16N2O3. The maximum atomic E-state index is 11.2.